The van der Waals surface area contributed by atoms with E-state index in [-0.39, 0.29) is 0 Å². The summed E-state index contributed by atoms with van der Waals surface area (Å²) in [4.78, 5) is 3.82. The molecule has 0 aromatic rings. The zero-order chi connectivity index (χ0) is 6.41. The average molecular weight is 223 g/mol. The Morgan fingerprint density at radius 3 is 2.75 bits per heavy atom. The lowest BCUT2D eigenvalue weighted by Crippen LogP contribution is -1.63. The first-order valence-corrected chi connectivity index (χ1v) is 3.22. The van der Waals surface area contributed by atoms with Crippen LogP contribution in [0.3, 0.4) is 0 Å². The summed E-state index contributed by atoms with van der Waals surface area (Å²) >= 11 is 2.01. The van der Waals surface area contributed by atoms with Gasteiger partial charge in [-0.15, -0.1) is 0 Å². The fourth-order valence-corrected chi connectivity index (χ4v) is 0.643. The fraction of sp³-hybridized carbons (Fsp3) is 0.250. The Morgan fingerprint density at radius 1 is 1.75 bits per heavy atom. The molecule has 0 fully saturated rings. The first-order valence-electron chi connectivity index (χ1n) is 1.97. The predicted molar refractivity (Wildman–Crippen MR) is 41.4 cm³/mol. The van der Waals surface area contributed by atoms with Gasteiger partial charge in [0.15, 0.2) is 0 Å². The van der Waals surface area contributed by atoms with E-state index >= 15 is 0 Å². The van der Waals surface area contributed by atoms with Gasteiger partial charge in [0.2, 0.25) is 0 Å². The van der Waals surface area contributed by atoms with E-state index in [1.54, 1.807) is 11.1 Å². The summed E-state index contributed by atoms with van der Waals surface area (Å²) < 4.78 is 1.63. The van der Waals surface area contributed by atoms with Crippen LogP contribution in [0, 0.1) is 5.53 Å². The predicted octanol–water partition coefficient (Wildman–Crippen LogP) is 2.34. The molecule has 0 saturated heterocycles. The lowest BCUT2D eigenvalue weighted by atomic mass is 10.6. The Balaban J connectivity index is 3.79. The Bertz CT molecular complexity index is 127. The number of halogens is 1. The van der Waals surface area contributed by atoms with Crippen LogP contribution in [0.15, 0.2) is 22.0 Å². The van der Waals surface area contributed by atoms with E-state index in [2.05, 4.69) is 10.1 Å². The van der Waals surface area contributed by atoms with Gasteiger partial charge in [-0.05, 0) is 29.5 Å². The highest BCUT2D eigenvalue weighted by Gasteiger charge is 1.75. The zero-order valence-electron chi connectivity index (χ0n) is 4.43. The number of rotatable bonds is 2. The van der Waals surface area contributed by atoms with Crippen LogP contribution in [0.1, 0.15) is 6.92 Å². The highest BCUT2D eigenvalue weighted by molar-refractivity contribution is 14.1. The van der Waals surface area contributed by atoms with Gasteiger partial charge in [0, 0.05) is 0 Å². The standard InChI is InChI=1S/C4H6IN3/c1-4(2-8-6)7-3-5/h2-3,6H,1H3/b4-2-,7-3?,8-6?. The number of hydrogen-bond donors (Lipinski definition) is 1. The van der Waals surface area contributed by atoms with Crippen LogP contribution < -0.4 is 0 Å². The molecule has 4 heteroatoms. The first kappa shape index (κ1) is 7.74. The maximum Gasteiger partial charge on any atom is 0.0701 e. The van der Waals surface area contributed by atoms with Crippen molar-refractivity contribution in [2.24, 2.45) is 10.1 Å². The number of nitrogens with zero attached hydrogens (tertiary/aromatic N) is 2. The molecule has 0 aromatic heterocycles. The largest absolute Gasteiger partial charge is 0.253 e. The van der Waals surface area contributed by atoms with E-state index in [1.165, 1.54) is 6.20 Å². The minimum absolute atomic E-state index is 0.745. The molecule has 0 aliphatic carbocycles. The van der Waals surface area contributed by atoms with Crippen LogP contribution in [-0.2, 0) is 0 Å². The molecule has 0 bridgehead atoms. The van der Waals surface area contributed by atoms with E-state index in [9.17, 15) is 0 Å². The van der Waals surface area contributed by atoms with E-state index in [0.29, 0.717) is 0 Å². The van der Waals surface area contributed by atoms with Crippen LogP contribution in [0.25, 0.3) is 0 Å². The Hall–Kier alpha value is -0.260. The molecule has 1 N–H and O–H groups in total. The third kappa shape index (κ3) is 3.91. The van der Waals surface area contributed by atoms with Gasteiger partial charge in [0.1, 0.15) is 0 Å². The second-order valence-electron chi connectivity index (χ2n) is 1.13. The van der Waals surface area contributed by atoms with Crippen molar-refractivity contribution < 1.29 is 0 Å². The lowest BCUT2D eigenvalue weighted by Gasteiger charge is -1.80. The van der Waals surface area contributed by atoms with Gasteiger partial charge in [-0.1, -0.05) is 0 Å². The summed E-state index contributed by atoms with van der Waals surface area (Å²) in [6, 6.07) is 0. The molecule has 0 spiro atoms. The highest BCUT2D eigenvalue weighted by atomic mass is 127. The number of hydrogen-bond acceptors (Lipinski definition) is 3. The molecule has 0 unspecified atom stereocenters. The van der Waals surface area contributed by atoms with Gasteiger partial charge in [0.05, 0.1) is 16.1 Å². The molecule has 0 rings (SSSR count). The summed E-state index contributed by atoms with van der Waals surface area (Å²) in [5.74, 6) is 0. The second-order valence-corrected chi connectivity index (χ2v) is 1.68. The number of aliphatic imine (C=N–C) groups is 1. The maximum atomic E-state index is 6.38. The van der Waals surface area contributed by atoms with Crippen molar-refractivity contribution in [1.29, 1.82) is 5.53 Å². The minimum atomic E-state index is 0.745. The molecule has 8 heavy (non-hydrogen) atoms. The van der Waals surface area contributed by atoms with Gasteiger partial charge >= 0.3 is 0 Å². The minimum Gasteiger partial charge on any atom is -0.253 e. The average Bonchev–Trinajstić information content (AvgIpc) is 1.68. The third-order valence-electron chi connectivity index (χ3n) is 0.504. The van der Waals surface area contributed by atoms with Gasteiger partial charge < -0.3 is 0 Å². The van der Waals surface area contributed by atoms with Crippen LogP contribution in [0.2, 0.25) is 0 Å². The van der Waals surface area contributed by atoms with E-state index < -0.39 is 0 Å². The van der Waals surface area contributed by atoms with Crippen molar-refractivity contribution >= 4 is 26.8 Å². The van der Waals surface area contributed by atoms with Crippen LogP contribution in [0.4, 0.5) is 0 Å². The quantitative estimate of drug-likeness (QED) is 0.424. The molecule has 0 aliphatic heterocycles. The van der Waals surface area contributed by atoms with E-state index in [1.807, 2.05) is 22.6 Å². The Morgan fingerprint density at radius 2 is 2.38 bits per heavy atom. The summed E-state index contributed by atoms with van der Waals surface area (Å²) in [7, 11) is 0. The summed E-state index contributed by atoms with van der Waals surface area (Å²) in [6.45, 7) is 1.78. The molecule has 0 aromatic carbocycles. The Labute approximate surface area is 61.5 Å². The molecule has 3 nitrogen and oxygen atoms in total. The number of allylic oxidation sites excluding steroid dienone is 1. The van der Waals surface area contributed by atoms with Crippen molar-refractivity contribution in [1.82, 2.24) is 0 Å². The lowest BCUT2D eigenvalue weighted by molar-refractivity contribution is 1.11. The van der Waals surface area contributed by atoms with Crippen molar-refractivity contribution in [3.63, 3.8) is 0 Å². The maximum absolute atomic E-state index is 6.38. The molecule has 0 atom stereocenters. The summed E-state index contributed by atoms with van der Waals surface area (Å²) in [5, 5.41) is 3.03. The molecule has 0 saturated carbocycles. The van der Waals surface area contributed by atoms with Crippen molar-refractivity contribution in [3.05, 3.63) is 11.9 Å². The molecule has 0 amide bonds. The van der Waals surface area contributed by atoms with E-state index in [4.69, 9.17) is 5.53 Å². The smallest absolute Gasteiger partial charge is 0.0701 e. The van der Waals surface area contributed by atoms with Crippen molar-refractivity contribution in [2.75, 3.05) is 0 Å². The molecule has 0 radical (unpaired) electrons. The summed E-state index contributed by atoms with van der Waals surface area (Å²) in [6.07, 6.45) is 1.38. The topological polar surface area (TPSA) is 48.6 Å². The molecule has 0 heterocycles. The van der Waals surface area contributed by atoms with Gasteiger partial charge in [-0.2, -0.15) is 5.11 Å². The second kappa shape index (κ2) is 4.89. The van der Waals surface area contributed by atoms with Crippen molar-refractivity contribution in [2.45, 2.75) is 6.92 Å². The number of nitrogens with one attached hydrogen (secondary N) is 1. The van der Waals surface area contributed by atoms with Crippen molar-refractivity contribution in [3.8, 4) is 0 Å². The van der Waals surface area contributed by atoms with Crippen LogP contribution in [0.5, 0.6) is 0 Å². The van der Waals surface area contributed by atoms with Gasteiger partial charge in [0.25, 0.3) is 0 Å². The summed E-state index contributed by atoms with van der Waals surface area (Å²) in [5.41, 5.74) is 7.13. The van der Waals surface area contributed by atoms with Gasteiger partial charge in [-0.3, -0.25) is 4.99 Å². The molecule has 44 valence electrons. The zero-order valence-corrected chi connectivity index (χ0v) is 6.58. The monoisotopic (exact) mass is 223 g/mol. The normalized spacial score (nSPS) is 12.5. The molecular weight excluding hydrogens is 217 g/mol. The molecular formula is C4H6IN3. The molecule has 0 aliphatic rings. The first-order chi connectivity index (χ1) is 3.81. The van der Waals surface area contributed by atoms with E-state index in [0.717, 1.165) is 5.70 Å². The highest BCUT2D eigenvalue weighted by Crippen LogP contribution is 1.93. The SMILES string of the molecule is C/C(=C/N=N)N=CI. The van der Waals surface area contributed by atoms with Gasteiger partial charge in [-0.25, -0.2) is 5.53 Å². The third-order valence-corrected chi connectivity index (χ3v) is 0.782. The van der Waals surface area contributed by atoms with Crippen LogP contribution in [-0.4, -0.2) is 4.22 Å². The fourth-order valence-electron chi connectivity index (χ4n) is 0.204. The van der Waals surface area contributed by atoms with Crippen LogP contribution >= 0.6 is 22.6 Å². The Kier molecular flexibility index (Phi) is 4.73.